The van der Waals surface area contributed by atoms with Crippen LogP contribution in [0.5, 0.6) is 0 Å². The highest BCUT2D eigenvalue weighted by atomic mass is 35.5. The van der Waals surface area contributed by atoms with Crippen LogP contribution in [0.15, 0.2) is 30.3 Å². The Morgan fingerprint density at radius 3 is 2.13 bits per heavy atom. The second kappa shape index (κ2) is 6.90. The molecule has 0 radical (unpaired) electrons. The van der Waals surface area contributed by atoms with Crippen LogP contribution in [0, 0.1) is 0 Å². The van der Waals surface area contributed by atoms with Crippen LogP contribution in [-0.2, 0) is 0 Å². The van der Waals surface area contributed by atoms with Crippen molar-refractivity contribution in [2.45, 2.75) is 50.8 Å². The quantitative estimate of drug-likeness (QED) is 0.598. The standard InChI is InChI=1S/C14H21Cl/c1-3-8-13(14(15)9-4-2)12-10-6-5-7-11-12/h5-7,10-11,13-14H,3-4,8-9H2,1-2H3. The Kier molecular flexibility index (Phi) is 5.78. The van der Waals surface area contributed by atoms with E-state index < -0.39 is 0 Å². The molecule has 1 aromatic rings. The summed E-state index contributed by atoms with van der Waals surface area (Å²) in [6.45, 7) is 4.43. The van der Waals surface area contributed by atoms with Crippen LogP contribution in [0.2, 0.25) is 0 Å². The molecule has 0 aliphatic heterocycles. The van der Waals surface area contributed by atoms with Crippen molar-refractivity contribution < 1.29 is 0 Å². The van der Waals surface area contributed by atoms with E-state index in [1.54, 1.807) is 0 Å². The van der Waals surface area contributed by atoms with Crippen molar-refractivity contribution in [3.63, 3.8) is 0 Å². The zero-order valence-corrected chi connectivity index (χ0v) is 10.5. The maximum Gasteiger partial charge on any atom is 0.0404 e. The molecule has 0 heterocycles. The van der Waals surface area contributed by atoms with E-state index in [2.05, 4.69) is 44.2 Å². The van der Waals surface area contributed by atoms with E-state index in [1.165, 1.54) is 24.8 Å². The molecule has 0 aromatic heterocycles. The van der Waals surface area contributed by atoms with Crippen LogP contribution in [0.3, 0.4) is 0 Å². The van der Waals surface area contributed by atoms with Crippen molar-refractivity contribution in [3.8, 4) is 0 Å². The van der Waals surface area contributed by atoms with Crippen LogP contribution in [0.4, 0.5) is 0 Å². The molecule has 0 amide bonds. The van der Waals surface area contributed by atoms with E-state index in [1.807, 2.05) is 0 Å². The molecule has 0 fully saturated rings. The van der Waals surface area contributed by atoms with E-state index in [9.17, 15) is 0 Å². The highest BCUT2D eigenvalue weighted by Gasteiger charge is 2.19. The van der Waals surface area contributed by atoms with Crippen molar-refractivity contribution in [2.24, 2.45) is 0 Å². The van der Waals surface area contributed by atoms with Gasteiger partial charge in [0.2, 0.25) is 0 Å². The van der Waals surface area contributed by atoms with Gasteiger partial charge in [0.15, 0.2) is 0 Å². The summed E-state index contributed by atoms with van der Waals surface area (Å²) in [5, 5.41) is 0.289. The zero-order valence-electron chi connectivity index (χ0n) is 9.75. The number of rotatable bonds is 6. The molecule has 15 heavy (non-hydrogen) atoms. The SMILES string of the molecule is CCCC(Cl)C(CCC)c1ccccc1. The summed E-state index contributed by atoms with van der Waals surface area (Å²) < 4.78 is 0. The lowest BCUT2D eigenvalue weighted by Gasteiger charge is -2.21. The van der Waals surface area contributed by atoms with Gasteiger partial charge >= 0.3 is 0 Å². The molecule has 0 nitrogen and oxygen atoms in total. The molecule has 0 N–H and O–H groups in total. The molecule has 2 unspecified atom stereocenters. The van der Waals surface area contributed by atoms with Gasteiger partial charge in [0.05, 0.1) is 0 Å². The monoisotopic (exact) mass is 224 g/mol. The molecular weight excluding hydrogens is 204 g/mol. The predicted octanol–water partition coefficient (Wildman–Crippen LogP) is 4.98. The molecule has 0 aliphatic rings. The van der Waals surface area contributed by atoms with Crippen LogP contribution in [0.25, 0.3) is 0 Å². The third-order valence-corrected chi connectivity index (χ3v) is 3.35. The van der Waals surface area contributed by atoms with Gasteiger partial charge in [-0.2, -0.15) is 0 Å². The number of alkyl halides is 1. The van der Waals surface area contributed by atoms with Crippen molar-refractivity contribution >= 4 is 11.6 Å². The third-order valence-electron chi connectivity index (χ3n) is 2.83. The van der Waals surface area contributed by atoms with E-state index in [4.69, 9.17) is 11.6 Å². The topological polar surface area (TPSA) is 0 Å². The summed E-state index contributed by atoms with van der Waals surface area (Å²) in [6.07, 6.45) is 4.67. The van der Waals surface area contributed by atoms with Gasteiger partial charge in [0.25, 0.3) is 0 Å². The fraction of sp³-hybridized carbons (Fsp3) is 0.571. The molecule has 1 rings (SSSR count). The van der Waals surface area contributed by atoms with Crippen molar-refractivity contribution in [1.29, 1.82) is 0 Å². The first-order valence-electron chi connectivity index (χ1n) is 5.98. The largest absolute Gasteiger partial charge is 0.122 e. The molecule has 0 saturated carbocycles. The highest BCUT2D eigenvalue weighted by molar-refractivity contribution is 6.21. The molecule has 2 atom stereocenters. The molecule has 0 aliphatic carbocycles. The number of benzene rings is 1. The van der Waals surface area contributed by atoms with Gasteiger partial charge in [0, 0.05) is 11.3 Å². The molecule has 84 valence electrons. The smallest absolute Gasteiger partial charge is 0.0404 e. The van der Waals surface area contributed by atoms with E-state index in [-0.39, 0.29) is 5.38 Å². The second-order valence-corrected chi connectivity index (χ2v) is 4.67. The Morgan fingerprint density at radius 1 is 1.00 bits per heavy atom. The number of hydrogen-bond donors (Lipinski definition) is 0. The summed E-state index contributed by atoms with van der Waals surface area (Å²) >= 11 is 6.46. The first kappa shape index (κ1) is 12.6. The first-order chi connectivity index (χ1) is 7.29. The molecular formula is C14H21Cl. The lowest BCUT2D eigenvalue weighted by atomic mass is 9.89. The Hall–Kier alpha value is -0.490. The van der Waals surface area contributed by atoms with Gasteiger partial charge in [-0.05, 0) is 18.4 Å². The molecule has 0 bridgehead atoms. The van der Waals surface area contributed by atoms with E-state index in [0.717, 1.165) is 6.42 Å². The van der Waals surface area contributed by atoms with Crippen LogP contribution in [0.1, 0.15) is 51.0 Å². The minimum absolute atomic E-state index is 0.289. The second-order valence-electron chi connectivity index (χ2n) is 4.11. The Balaban J connectivity index is 2.73. The van der Waals surface area contributed by atoms with Gasteiger partial charge in [-0.1, -0.05) is 57.0 Å². The summed E-state index contributed by atoms with van der Waals surface area (Å²) in [4.78, 5) is 0. The Bertz CT molecular complexity index is 255. The van der Waals surface area contributed by atoms with Gasteiger partial charge in [-0.15, -0.1) is 11.6 Å². The summed E-state index contributed by atoms with van der Waals surface area (Å²) in [5.74, 6) is 0.526. The van der Waals surface area contributed by atoms with Crippen LogP contribution < -0.4 is 0 Å². The molecule has 1 aromatic carbocycles. The van der Waals surface area contributed by atoms with Crippen molar-refractivity contribution in [2.75, 3.05) is 0 Å². The van der Waals surface area contributed by atoms with Gasteiger partial charge in [0.1, 0.15) is 0 Å². The molecule has 1 heteroatoms. The lowest BCUT2D eigenvalue weighted by Crippen LogP contribution is -2.12. The average molecular weight is 225 g/mol. The van der Waals surface area contributed by atoms with Crippen LogP contribution >= 0.6 is 11.6 Å². The molecule has 0 saturated heterocycles. The Labute approximate surface area is 98.7 Å². The lowest BCUT2D eigenvalue weighted by molar-refractivity contribution is 0.549. The van der Waals surface area contributed by atoms with Crippen molar-refractivity contribution in [1.82, 2.24) is 0 Å². The molecule has 0 spiro atoms. The fourth-order valence-corrected chi connectivity index (χ4v) is 2.53. The van der Waals surface area contributed by atoms with Gasteiger partial charge in [-0.3, -0.25) is 0 Å². The normalized spacial score (nSPS) is 14.9. The van der Waals surface area contributed by atoms with Gasteiger partial charge in [-0.25, -0.2) is 0 Å². The Morgan fingerprint density at radius 2 is 1.60 bits per heavy atom. The van der Waals surface area contributed by atoms with Crippen LogP contribution in [-0.4, -0.2) is 5.38 Å². The maximum absolute atomic E-state index is 6.46. The zero-order chi connectivity index (χ0) is 11.1. The minimum Gasteiger partial charge on any atom is -0.122 e. The highest BCUT2D eigenvalue weighted by Crippen LogP contribution is 2.30. The first-order valence-corrected chi connectivity index (χ1v) is 6.42. The van der Waals surface area contributed by atoms with Crippen molar-refractivity contribution in [3.05, 3.63) is 35.9 Å². The summed E-state index contributed by atoms with van der Waals surface area (Å²) in [6, 6.07) is 10.7. The summed E-state index contributed by atoms with van der Waals surface area (Å²) in [5.41, 5.74) is 1.40. The predicted molar refractivity (Wildman–Crippen MR) is 68.6 cm³/mol. The summed E-state index contributed by atoms with van der Waals surface area (Å²) in [7, 11) is 0. The minimum atomic E-state index is 0.289. The van der Waals surface area contributed by atoms with E-state index >= 15 is 0 Å². The third kappa shape index (κ3) is 3.87. The van der Waals surface area contributed by atoms with E-state index in [0.29, 0.717) is 5.92 Å². The average Bonchev–Trinajstić information content (AvgIpc) is 2.27. The fourth-order valence-electron chi connectivity index (χ4n) is 2.04. The maximum atomic E-state index is 6.46. The number of hydrogen-bond acceptors (Lipinski definition) is 0. The number of halogens is 1. The van der Waals surface area contributed by atoms with Gasteiger partial charge < -0.3 is 0 Å².